The van der Waals surface area contributed by atoms with Crippen LogP contribution < -0.4 is 5.32 Å². The van der Waals surface area contributed by atoms with E-state index >= 15 is 0 Å². The number of amides is 1. The highest BCUT2D eigenvalue weighted by molar-refractivity contribution is 5.80. The van der Waals surface area contributed by atoms with Crippen molar-refractivity contribution in [2.75, 3.05) is 6.54 Å². The second-order valence-corrected chi connectivity index (χ2v) is 4.78. The Balaban J connectivity index is 1.87. The van der Waals surface area contributed by atoms with Gasteiger partial charge in [-0.3, -0.25) is 9.48 Å². The first kappa shape index (κ1) is 14.3. The lowest BCUT2D eigenvalue weighted by molar-refractivity contribution is -0.124. The highest BCUT2D eigenvalue weighted by Gasteiger charge is 2.18. The van der Waals surface area contributed by atoms with Crippen LogP contribution in [0, 0.1) is 0 Å². The number of aryl methyl sites for hydroxylation is 1. The summed E-state index contributed by atoms with van der Waals surface area (Å²) < 4.78 is 3.68. The normalized spacial score (nSPS) is 12.3. The van der Waals surface area contributed by atoms with E-state index in [0.29, 0.717) is 13.0 Å². The van der Waals surface area contributed by atoms with Crippen molar-refractivity contribution >= 4 is 5.91 Å². The smallest absolute Gasteiger partial charge is 0.243 e. The molecule has 2 heterocycles. The van der Waals surface area contributed by atoms with Gasteiger partial charge in [0.05, 0.1) is 0 Å². The summed E-state index contributed by atoms with van der Waals surface area (Å²) >= 11 is 0. The Labute approximate surface area is 118 Å². The predicted octanol–water partition coefficient (Wildman–Crippen LogP) is 1.32. The van der Waals surface area contributed by atoms with Gasteiger partial charge in [0.2, 0.25) is 5.91 Å². The molecule has 0 bridgehead atoms. The molecule has 108 valence electrons. The Kier molecular flexibility index (Phi) is 4.92. The van der Waals surface area contributed by atoms with Crippen molar-refractivity contribution in [1.29, 1.82) is 0 Å². The quantitative estimate of drug-likeness (QED) is 0.828. The molecular formula is C14H21N5O. The van der Waals surface area contributed by atoms with Gasteiger partial charge in [-0.25, -0.2) is 4.98 Å². The zero-order valence-electron chi connectivity index (χ0n) is 12.0. The van der Waals surface area contributed by atoms with E-state index in [9.17, 15) is 4.79 Å². The molecule has 0 aliphatic carbocycles. The number of nitrogens with zero attached hydrogens (tertiary/aromatic N) is 4. The first-order chi connectivity index (χ1) is 9.72. The summed E-state index contributed by atoms with van der Waals surface area (Å²) in [4.78, 5) is 16.4. The summed E-state index contributed by atoms with van der Waals surface area (Å²) in [5, 5.41) is 6.99. The van der Waals surface area contributed by atoms with Crippen LogP contribution in [0.5, 0.6) is 0 Å². The predicted molar refractivity (Wildman–Crippen MR) is 76.1 cm³/mol. The van der Waals surface area contributed by atoms with Gasteiger partial charge in [-0.2, -0.15) is 5.10 Å². The molecule has 0 fully saturated rings. The molecule has 0 aliphatic rings. The zero-order chi connectivity index (χ0) is 14.4. The van der Waals surface area contributed by atoms with Crippen molar-refractivity contribution in [3.05, 3.63) is 36.7 Å². The Bertz CT molecular complexity index is 532. The third-order valence-corrected chi connectivity index (χ3v) is 3.31. The third-order valence-electron chi connectivity index (χ3n) is 3.31. The molecule has 0 spiro atoms. The number of carbonyl (C=O) groups excluding carboxylic acids is 1. The number of carbonyl (C=O) groups is 1. The van der Waals surface area contributed by atoms with Crippen LogP contribution in [0.2, 0.25) is 0 Å². The Morgan fingerprint density at radius 1 is 1.40 bits per heavy atom. The molecule has 2 rings (SSSR count). The van der Waals surface area contributed by atoms with E-state index in [4.69, 9.17) is 0 Å². The van der Waals surface area contributed by atoms with E-state index < -0.39 is 0 Å². The molecule has 2 aromatic heterocycles. The van der Waals surface area contributed by atoms with Crippen molar-refractivity contribution in [2.24, 2.45) is 7.05 Å². The Hall–Kier alpha value is -2.11. The SMILES string of the molecule is CCC[C@H](C(=O)NCCc1ncnn1C)n1cccc1. The maximum absolute atomic E-state index is 12.3. The molecule has 20 heavy (non-hydrogen) atoms. The van der Waals surface area contributed by atoms with Gasteiger partial charge in [-0.15, -0.1) is 0 Å². The minimum atomic E-state index is -0.130. The van der Waals surface area contributed by atoms with Crippen molar-refractivity contribution in [2.45, 2.75) is 32.2 Å². The number of rotatable bonds is 7. The van der Waals surface area contributed by atoms with E-state index in [1.165, 1.54) is 6.33 Å². The molecule has 6 nitrogen and oxygen atoms in total. The lowest BCUT2D eigenvalue weighted by Gasteiger charge is -2.17. The third kappa shape index (κ3) is 3.46. The highest BCUT2D eigenvalue weighted by Crippen LogP contribution is 2.14. The summed E-state index contributed by atoms with van der Waals surface area (Å²) in [6.45, 7) is 2.66. The first-order valence-corrected chi connectivity index (χ1v) is 6.95. The Morgan fingerprint density at radius 2 is 2.15 bits per heavy atom. The van der Waals surface area contributed by atoms with Crippen LogP contribution in [0.4, 0.5) is 0 Å². The summed E-state index contributed by atoms with van der Waals surface area (Å²) in [5.41, 5.74) is 0. The van der Waals surface area contributed by atoms with Crippen LogP contribution in [0.1, 0.15) is 31.6 Å². The second-order valence-electron chi connectivity index (χ2n) is 4.78. The number of hydrogen-bond donors (Lipinski definition) is 1. The van der Waals surface area contributed by atoms with E-state index in [1.807, 2.05) is 36.1 Å². The van der Waals surface area contributed by atoms with Crippen molar-refractivity contribution in [3.63, 3.8) is 0 Å². The fourth-order valence-corrected chi connectivity index (χ4v) is 2.21. The standard InChI is InChI=1S/C14H21N5O/c1-3-6-12(19-9-4-5-10-19)14(20)15-8-7-13-16-11-17-18(13)2/h4-5,9-12H,3,6-8H2,1-2H3,(H,15,20)/t12-/m1/s1. The largest absolute Gasteiger partial charge is 0.354 e. The molecule has 1 N–H and O–H groups in total. The van der Waals surface area contributed by atoms with Crippen molar-refractivity contribution in [1.82, 2.24) is 24.6 Å². The molecule has 0 unspecified atom stereocenters. The second kappa shape index (κ2) is 6.88. The molecular weight excluding hydrogens is 254 g/mol. The van der Waals surface area contributed by atoms with Gasteiger partial charge in [0.25, 0.3) is 0 Å². The van der Waals surface area contributed by atoms with Gasteiger partial charge < -0.3 is 9.88 Å². The van der Waals surface area contributed by atoms with Crippen LogP contribution in [-0.2, 0) is 18.3 Å². The van der Waals surface area contributed by atoms with Crippen LogP contribution in [0.3, 0.4) is 0 Å². The molecule has 0 aromatic carbocycles. The molecule has 6 heteroatoms. The maximum Gasteiger partial charge on any atom is 0.243 e. The summed E-state index contributed by atoms with van der Waals surface area (Å²) in [5.74, 6) is 0.934. The van der Waals surface area contributed by atoms with Gasteiger partial charge in [0.15, 0.2) is 0 Å². The number of nitrogens with one attached hydrogen (secondary N) is 1. The molecule has 0 saturated carbocycles. The van der Waals surface area contributed by atoms with Crippen molar-refractivity contribution in [3.8, 4) is 0 Å². The van der Waals surface area contributed by atoms with Gasteiger partial charge >= 0.3 is 0 Å². The van der Waals surface area contributed by atoms with Crippen LogP contribution in [0.15, 0.2) is 30.9 Å². The van der Waals surface area contributed by atoms with Crippen molar-refractivity contribution < 1.29 is 4.79 Å². The Morgan fingerprint density at radius 3 is 2.75 bits per heavy atom. The maximum atomic E-state index is 12.3. The minimum Gasteiger partial charge on any atom is -0.354 e. The molecule has 2 aromatic rings. The summed E-state index contributed by atoms with van der Waals surface area (Å²) in [6.07, 6.45) is 7.89. The lowest BCUT2D eigenvalue weighted by atomic mass is 10.1. The van der Waals surface area contributed by atoms with Crippen LogP contribution in [-0.4, -0.2) is 31.8 Å². The molecule has 1 amide bonds. The number of aromatic nitrogens is 4. The van der Waals surface area contributed by atoms with E-state index in [2.05, 4.69) is 22.3 Å². The zero-order valence-corrected chi connectivity index (χ0v) is 12.0. The van der Waals surface area contributed by atoms with Gasteiger partial charge in [0, 0.05) is 32.4 Å². The van der Waals surface area contributed by atoms with E-state index in [1.54, 1.807) is 4.68 Å². The van der Waals surface area contributed by atoms with Crippen LogP contribution >= 0.6 is 0 Å². The van der Waals surface area contributed by atoms with Crippen LogP contribution in [0.25, 0.3) is 0 Å². The summed E-state index contributed by atoms with van der Waals surface area (Å²) in [6, 6.07) is 3.75. The van der Waals surface area contributed by atoms with Gasteiger partial charge in [-0.05, 0) is 18.6 Å². The number of hydrogen-bond acceptors (Lipinski definition) is 3. The minimum absolute atomic E-state index is 0.0604. The van der Waals surface area contributed by atoms with E-state index in [-0.39, 0.29) is 11.9 Å². The average Bonchev–Trinajstić information content (AvgIpc) is 3.08. The summed E-state index contributed by atoms with van der Waals surface area (Å²) in [7, 11) is 1.85. The molecule has 1 atom stereocenters. The average molecular weight is 275 g/mol. The topological polar surface area (TPSA) is 64.7 Å². The first-order valence-electron chi connectivity index (χ1n) is 6.95. The van der Waals surface area contributed by atoms with E-state index in [0.717, 1.165) is 18.7 Å². The fourth-order valence-electron chi connectivity index (χ4n) is 2.21. The van der Waals surface area contributed by atoms with Gasteiger partial charge in [0.1, 0.15) is 18.2 Å². The fraction of sp³-hybridized carbons (Fsp3) is 0.500. The van der Waals surface area contributed by atoms with Gasteiger partial charge in [-0.1, -0.05) is 13.3 Å². The molecule has 0 saturated heterocycles. The lowest BCUT2D eigenvalue weighted by Crippen LogP contribution is -2.33. The highest BCUT2D eigenvalue weighted by atomic mass is 16.2. The molecule has 0 radical (unpaired) electrons. The monoisotopic (exact) mass is 275 g/mol. The molecule has 0 aliphatic heterocycles.